The number of benzene rings is 2. The first-order valence-electron chi connectivity index (χ1n) is 7.60. The topological polar surface area (TPSA) is 52.0 Å². The van der Waals surface area contributed by atoms with Crippen molar-refractivity contribution in [2.24, 2.45) is 0 Å². The van der Waals surface area contributed by atoms with E-state index < -0.39 is 0 Å². The van der Waals surface area contributed by atoms with E-state index in [1.165, 1.54) is 0 Å². The fourth-order valence-electron chi connectivity index (χ4n) is 2.43. The maximum atomic E-state index is 12.2. The van der Waals surface area contributed by atoms with Crippen LogP contribution in [0.2, 0.25) is 0 Å². The van der Waals surface area contributed by atoms with Crippen molar-refractivity contribution in [3.05, 3.63) is 52.5 Å². The van der Waals surface area contributed by atoms with Crippen molar-refractivity contribution in [2.45, 2.75) is 6.54 Å². The molecule has 0 spiro atoms. The van der Waals surface area contributed by atoms with Gasteiger partial charge in [-0.3, -0.25) is 4.79 Å². The number of carbonyl (C=O) groups excluding carboxylic acids is 1. The van der Waals surface area contributed by atoms with E-state index in [-0.39, 0.29) is 5.91 Å². The van der Waals surface area contributed by atoms with Gasteiger partial charge in [-0.1, -0.05) is 12.1 Å². The molecule has 0 fully saturated rings. The summed E-state index contributed by atoms with van der Waals surface area (Å²) in [5, 5.41) is 2.92. The first-order chi connectivity index (χ1) is 11.5. The summed E-state index contributed by atoms with van der Waals surface area (Å²) < 4.78 is 11.4. The number of quaternary nitrogens is 1. The highest BCUT2D eigenvalue weighted by atomic mass is 79.9. The Hall–Kier alpha value is -2.05. The van der Waals surface area contributed by atoms with E-state index in [0.717, 1.165) is 20.6 Å². The molecule has 24 heavy (non-hydrogen) atoms. The Morgan fingerprint density at radius 1 is 1.12 bits per heavy atom. The highest BCUT2D eigenvalue weighted by Crippen LogP contribution is 2.27. The molecule has 0 aromatic heterocycles. The van der Waals surface area contributed by atoms with Crippen LogP contribution in [0.3, 0.4) is 0 Å². The van der Waals surface area contributed by atoms with Gasteiger partial charge in [0.25, 0.3) is 5.91 Å². The lowest BCUT2D eigenvalue weighted by Crippen LogP contribution is -3.08. The summed E-state index contributed by atoms with van der Waals surface area (Å²) in [6.45, 7) is 1.08. The monoisotopic (exact) mass is 393 g/mol. The number of carbonyl (C=O) groups is 1. The maximum Gasteiger partial charge on any atom is 0.279 e. The highest BCUT2D eigenvalue weighted by molar-refractivity contribution is 9.10. The number of methoxy groups -OCH3 is 2. The molecule has 1 amide bonds. The molecule has 0 aliphatic rings. The normalized spacial score (nSPS) is 11.7. The van der Waals surface area contributed by atoms with E-state index in [0.29, 0.717) is 24.6 Å². The number of halogens is 1. The minimum atomic E-state index is -0.0279. The summed E-state index contributed by atoms with van der Waals surface area (Å²) in [6, 6.07) is 13.4. The Bertz CT molecular complexity index is 706. The third-order valence-corrected chi connectivity index (χ3v) is 4.26. The van der Waals surface area contributed by atoms with Crippen LogP contribution in [0.5, 0.6) is 11.5 Å². The van der Waals surface area contributed by atoms with Gasteiger partial charge in [0, 0.05) is 10.0 Å². The number of hydrogen-bond acceptors (Lipinski definition) is 3. The maximum absolute atomic E-state index is 12.2. The van der Waals surface area contributed by atoms with Gasteiger partial charge < -0.3 is 19.7 Å². The van der Waals surface area contributed by atoms with Gasteiger partial charge >= 0.3 is 0 Å². The van der Waals surface area contributed by atoms with Crippen molar-refractivity contribution in [2.75, 3.05) is 33.1 Å². The number of ether oxygens (including phenoxy) is 2. The molecule has 0 radical (unpaired) electrons. The van der Waals surface area contributed by atoms with Crippen LogP contribution in [0.4, 0.5) is 5.69 Å². The summed E-state index contributed by atoms with van der Waals surface area (Å²) in [5.41, 5.74) is 1.86. The van der Waals surface area contributed by atoms with Gasteiger partial charge in [0.15, 0.2) is 18.0 Å². The molecular formula is C18H22BrN2O3+. The molecule has 2 N–H and O–H groups in total. The average Bonchev–Trinajstić information content (AvgIpc) is 2.56. The van der Waals surface area contributed by atoms with Gasteiger partial charge in [0.05, 0.1) is 27.0 Å². The quantitative estimate of drug-likeness (QED) is 0.757. The van der Waals surface area contributed by atoms with E-state index in [1.54, 1.807) is 14.2 Å². The first-order valence-corrected chi connectivity index (χ1v) is 8.39. The van der Waals surface area contributed by atoms with Crippen molar-refractivity contribution in [3.63, 3.8) is 0 Å². The smallest absolute Gasteiger partial charge is 0.279 e. The number of rotatable bonds is 7. The Labute approximate surface area is 150 Å². The molecule has 1 unspecified atom stereocenters. The lowest BCUT2D eigenvalue weighted by atomic mass is 10.2. The van der Waals surface area contributed by atoms with Crippen molar-refractivity contribution in [3.8, 4) is 11.5 Å². The zero-order valence-electron chi connectivity index (χ0n) is 14.1. The van der Waals surface area contributed by atoms with Crippen molar-refractivity contribution < 1.29 is 19.2 Å². The largest absolute Gasteiger partial charge is 0.493 e. The van der Waals surface area contributed by atoms with Crippen molar-refractivity contribution in [1.29, 1.82) is 0 Å². The molecule has 0 saturated carbocycles. The third kappa shape index (κ3) is 4.97. The molecule has 0 bridgehead atoms. The molecule has 6 heteroatoms. The minimum absolute atomic E-state index is 0.0279. The van der Waals surface area contributed by atoms with Crippen LogP contribution in [0.1, 0.15) is 5.56 Å². The molecule has 5 nitrogen and oxygen atoms in total. The summed E-state index contributed by atoms with van der Waals surface area (Å²) in [7, 11) is 5.21. The Kier molecular flexibility index (Phi) is 6.63. The molecule has 0 heterocycles. The van der Waals surface area contributed by atoms with Crippen LogP contribution in [-0.2, 0) is 11.3 Å². The Morgan fingerprint density at radius 2 is 1.83 bits per heavy atom. The van der Waals surface area contributed by atoms with Crippen LogP contribution in [0, 0.1) is 0 Å². The molecule has 1 atom stereocenters. The SMILES string of the molecule is COc1ccc(C[NH+](C)CC(=O)Nc2ccccc2Br)cc1OC. The average molecular weight is 394 g/mol. The van der Waals surface area contributed by atoms with E-state index in [4.69, 9.17) is 9.47 Å². The zero-order valence-corrected chi connectivity index (χ0v) is 15.6. The van der Waals surface area contributed by atoms with Crippen molar-refractivity contribution >= 4 is 27.5 Å². The van der Waals surface area contributed by atoms with E-state index in [1.807, 2.05) is 49.5 Å². The lowest BCUT2D eigenvalue weighted by Gasteiger charge is -2.15. The van der Waals surface area contributed by atoms with Gasteiger partial charge in [-0.15, -0.1) is 0 Å². The number of hydrogen-bond donors (Lipinski definition) is 2. The van der Waals surface area contributed by atoms with Crippen LogP contribution in [0.15, 0.2) is 46.9 Å². The molecule has 0 aliphatic carbocycles. The van der Waals surface area contributed by atoms with Crippen LogP contribution < -0.4 is 19.7 Å². The summed E-state index contributed by atoms with van der Waals surface area (Å²) in [6.07, 6.45) is 0. The van der Waals surface area contributed by atoms with Crippen LogP contribution >= 0.6 is 15.9 Å². The summed E-state index contributed by atoms with van der Waals surface area (Å²) in [5.74, 6) is 1.37. The first kappa shape index (κ1) is 18.3. The summed E-state index contributed by atoms with van der Waals surface area (Å²) in [4.78, 5) is 13.3. The fraction of sp³-hybridized carbons (Fsp3) is 0.278. The molecular weight excluding hydrogens is 372 g/mol. The molecule has 2 rings (SSSR count). The van der Waals surface area contributed by atoms with Gasteiger partial charge in [-0.05, 0) is 46.3 Å². The molecule has 0 saturated heterocycles. The second-order valence-electron chi connectivity index (χ2n) is 5.53. The molecule has 0 aliphatic heterocycles. The fourth-order valence-corrected chi connectivity index (χ4v) is 2.82. The van der Waals surface area contributed by atoms with Gasteiger partial charge in [-0.25, -0.2) is 0 Å². The molecule has 2 aromatic carbocycles. The Morgan fingerprint density at radius 3 is 2.50 bits per heavy atom. The Balaban J connectivity index is 1.94. The highest BCUT2D eigenvalue weighted by Gasteiger charge is 2.13. The summed E-state index contributed by atoms with van der Waals surface area (Å²) >= 11 is 3.43. The minimum Gasteiger partial charge on any atom is -0.493 e. The zero-order chi connectivity index (χ0) is 17.5. The predicted octanol–water partition coefficient (Wildman–Crippen LogP) is 2.12. The van der Waals surface area contributed by atoms with Gasteiger partial charge in [0.2, 0.25) is 0 Å². The molecule has 2 aromatic rings. The number of amides is 1. The van der Waals surface area contributed by atoms with E-state index in [9.17, 15) is 4.79 Å². The second kappa shape index (κ2) is 8.70. The number of anilines is 1. The van der Waals surface area contributed by atoms with E-state index >= 15 is 0 Å². The molecule has 128 valence electrons. The number of para-hydroxylation sites is 1. The number of likely N-dealkylation sites (N-methyl/N-ethyl adjacent to an activating group) is 1. The van der Waals surface area contributed by atoms with Crippen LogP contribution in [0.25, 0.3) is 0 Å². The standard InChI is InChI=1S/C18H21BrN2O3/c1-21(11-13-8-9-16(23-2)17(10-13)24-3)12-18(22)20-15-7-5-4-6-14(15)19/h4-10H,11-12H2,1-3H3,(H,20,22)/p+1. The van der Waals surface area contributed by atoms with Gasteiger partial charge in [0.1, 0.15) is 6.54 Å². The van der Waals surface area contributed by atoms with Gasteiger partial charge in [-0.2, -0.15) is 0 Å². The second-order valence-corrected chi connectivity index (χ2v) is 6.38. The van der Waals surface area contributed by atoms with Crippen molar-refractivity contribution in [1.82, 2.24) is 0 Å². The van der Waals surface area contributed by atoms with E-state index in [2.05, 4.69) is 21.2 Å². The van der Waals surface area contributed by atoms with Crippen LogP contribution in [-0.4, -0.2) is 33.7 Å². The predicted molar refractivity (Wildman–Crippen MR) is 97.8 cm³/mol. The third-order valence-electron chi connectivity index (χ3n) is 3.56. The lowest BCUT2D eigenvalue weighted by molar-refractivity contribution is -0.885. The number of nitrogens with one attached hydrogen (secondary N) is 2.